The lowest BCUT2D eigenvalue weighted by atomic mass is 9.82. The van der Waals surface area contributed by atoms with Crippen molar-refractivity contribution in [2.75, 3.05) is 6.61 Å². The first-order valence-electron chi connectivity index (χ1n) is 3.73. The summed E-state index contributed by atoms with van der Waals surface area (Å²) < 4.78 is 5.37. The summed E-state index contributed by atoms with van der Waals surface area (Å²) in [5.74, 6) is 1.76. The van der Waals surface area contributed by atoms with Crippen molar-refractivity contribution < 1.29 is 14.8 Å². The maximum Gasteiger partial charge on any atom is 0.482 e. The van der Waals surface area contributed by atoms with E-state index in [-0.39, 0.29) is 7.69 Å². The Bertz CT molecular complexity index is 291. The third-order valence-electron chi connectivity index (χ3n) is 2.22. The highest BCUT2D eigenvalue weighted by atomic mass is 16.5. The molecule has 3 aliphatic rings. The van der Waals surface area contributed by atoms with Crippen molar-refractivity contribution in [3.05, 3.63) is 29.3 Å². The van der Waals surface area contributed by atoms with Gasteiger partial charge in [-0.2, -0.15) is 0 Å². The second kappa shape index (κ2) is 2.81. The van der Waals surface area contributed by atoms with Crippen LogP contribution in [0, 0.1) is 0 Å². The number of rotatable bonds is 0. The van der Waals surface area contributed by atoms with Crippen molar-refractivity contribution in [3.63, 3.8) is 0 Å². The van der Waals surface area contributed by atoms with E-state index in [2.05, 4.69) is 18.2 Å². The fraction of sp³-hybridized carbons (Fsp3) is 0.250. The van der Waals surface area contributed by atoms with Crippen molar-refractivity contribution in [3.8, 4) is 5.75 Å². The number of fused-ring (bicyclic) bond motifs is 1. The van der Waals surface area contributed by atoms with Gasteiger partial charge in [0.15, 0.2) is 0 Å². The van der Waals surface area contributed by atoms with Gasteiger partial charge in [-0.15, -0.1) is 0 Å². The average molecular weight is 163 g/mol. The average Bonchev–Trinajstić information content (AvgIpc) is 2.25. The van der Waals surface area contributed by atoms with Gasteiger partial charge in [-0.25, -0.2) is 0 Å². The molecule has 1 aliphatic heterocycles. The van der Waals surface area contributed by atoms with Crippen LogP contribution in [0.2, 0.25) is 0 Å². The van der Waals surface area contributed by atoms with Crippen LogP contribution in [0.3, 0.4) is 0 Å². The van der Waals surface area contributed by atoms with Gasteiger partial charge in [-0.1, -0.05) is 12.1 Å². The Morgan fingerprint density at radius 3 is 2.67 bits per heavy atom. The van der Waals surface area contributed by atoms with Crippen molar-refractivity contribution in [2.45, 2.75) is 5.92 Å². The lowest BCUT2D eigenvalue weighted by Gasteiger charge is -2.18. The van der Waals surface area contributed by atoms with E-state index in [1.54, 1.807) is 0 Å². The summed E-state index contributed by atoms with van der Waals surface area (Å²) in [6.45, 7) is 0.892. The van der Waals surface area contributed by atoms with Gasteiger partial charge in [0.25, 0.3) is 0 Å². The van der Waals surface area contributed by atoms with Gasteiger partial charge in [-0.3, -0.25) is 0 Å². The van der Waals surface area contributed by atoms with Crippen molar-refractivity contribution in [1.82, 2.24) is 0 Å². The second-order valence-corrected chi connectivity index (χ2v) is 2.78. The maximum absolute atomic E-state index is 7.00. The van der Waals surface area contributed by atoms with E-state index in [1.807, 2.05) is 0 Å². The highest BCUT2D eigenvalue weighted by Crippen LogP contribution is 2.46. The van der Waals surface area contributed by atoms with Crippen LogP contribution in [0.15, 0.2) is 18.2 Å². The molecular formula is C8H8BO3. The normalized spacial score (nSPS) is 20.0. The Morgan fingerprint density at radius 1 is 1.42 bits per heavy atom. The molecule has 61 valence electrons. The third kappa shape index (κ3) is 0.923. The Balaban J connectivity index is 0.000000169. The van der Waals surface area contributed by atoms with Gasteiger partial charge in [0, 0.05) is 11.5 Å². The molecular weight excluding hydrogens is 155 g/mol. The molecule has 0 fully saturated rings. The molecule has 2 N–H and O–H groups in total. The molecule has 0 amide bonds. The molecule has 0 saturated carbocycles. The van der Waals surface area contributed by atoms with E-state index < -0.39 is 0 Å². The number of ether oxygens (including phenoxy) is 1. The van der Waals surface area contributed by atoms with E-state index in [1.165, 1.54) is 11.1 Å². The minimum absolute atomic E-state index is 0. The zero-order valence-electron chi connectivity index (χ0n) is 6.40. The summed E-state index contributed by atoms with van der Waals surface area (Å²) in [5, 5.41) is 14.0. The van der Waals surface area contributed by atoms with Crippen molar-refractivity contribution in [2.24, 2.45) is 0 Å². The SMILES string of the molecule is O[B]O.c1cc2c3cc1C3CO2. The van der Waals surface area contributed by atoms with Crippen LogP contribution in [0.1, 0.15) is 17.0 Å². The molecule has 3 nitrogen and oxygen atoms in total. The van der Waals surface area contributed by atoms with Gasteiger partial charge in [0.05, 0.1) is 6.61 Å². The fourth-order valence-corrected chi connectivity index (χ4v) is 1.63. The molecule has 1 unspecified atom stereocenters. The highest BCUT2D eigenvalue weighted by molar-refractivity contribution is 6.13. The van der Waals surface area contributed by atoms with E-state index in [4.69, 9.17) is 14.8 Å². The standard InChI is InChI=1S/C8H6O.BH2O2/c1-2-8-6-3-5(1)7(6)4-9-8;2-1-3/h1-3,7H,4H2;2-3H. The third-order valence-corrected chi connectivity index (χ3v) is 2.22. The predicted molar refractivity (Wildman–Crippen MR) is 44.0 cm³/mol. The monoisotopic (exact) mass is 163 g/mol. The first-order chi connectivity index (χ1) is 5.86. The highest BCUT2D eigenvalue weighted by Gasteiger charge is 2.33. The van der Waals surface area contributed by atoms with E-state index >= 15 is 0 Å². The Labute approximate surface area is 70.9 Å². The van der Waals surface area contributed by atoms with E-state index in [0.29, 0.717) is 5.92 Å². The Kier molecular flexibility index (Phi) is 1.79. The van der Waals surface area contributed by atoms with Gasteiger partial charge in [0.2, 0.25) is 0 Å². The first kappa shape index (κ1) is 7.64. The van der Waals surface area contributed by atoms with Crippen LogP contribution < -0.4 is 4.74 Å². The van der Waals surface area contributed by atoms with Crippen molar-refractivity contribution in [1.29, 1.82) is 0 Å². The molecule has 0 spiro atoms. The lowest BCUT2D eigenvalue weighted by molar-refractivity contribution is 0.345. The largest absolute Gasteiger partial charge is 0.492 e. The zero-order valence-corrected chi connectivity index (χ0v) is 6.40. The van der Waals surface area contributed by atoms with Gasteiger partial charge < -0.3 is 14.8 Å². The zero-order chi connectivity index (χ0) is 8.55. The number of hydrogen-bond acceptors (Lipinski definition) is 3. The molecule has 12 heavy (non-hydrogen) atoms. The van der Waals surface area contributed by atoms with Crippen LogP contribution in [0.4, 0.5) is 0 Å². The number of benzene rings is 1. The molecule has 1 aromatic carbocycles. The van der Waals surface area contributed by atoms with E-state index in [9.17, 15) is 0 Å². The minimum atomic E-state index is 0. The summed E-state index contributed by atoms with van der Waals surface area (Å²) >= 11 is 0. The molecule has 4 bridgehead atoms. The smallest absolute Gasteiger partial charge is 0.482 e. The molecule has 4 rings (SSSR count). The van der Waals surface area contributed by atoms with Gasteiger partial charge >= 0.3 is 7.69 Å². The number of hydrogen-bond donors (Lipinski definition) is 2. The van der Waals surface area contributed by atoms with Crippen LogP contribution in [0.25, 0.3) is 0 Å². The summed E-state index contributed by atoms with van der Waals surface area (Å²) in [7, 11) is 0. The Morgan fingerprint density at radius 2 is 2.17 bits per heavy atom. The fourth-order valence-electron chi connectivity index (χ4n) is 1.63. The van der Waals surface area contributed by atoms with Gasteiger partial charge in [0.1, 0.15) is 5.75 Å². The summed E-state index contributed by atoms with van der Waals surface area (Å²) in [6.07, 6.45) is 0. The molecule has 1 atom stereocenters. The molecule has 4 heteroatoms. The minimum Gasteiger partial charge on any atom is -0.492 e. The first-order valence-corrected chi connectivity index (χ1v) is 3.73. The molecule has 0 aromatic heterocycles. The van der Waals surface area contributed by atoms with Crippen LogP contribution >= 0.6 is 0 Å². The van der Waals surface area contributed by atoms with Crippen LogP contribution in [-0.4, -0.2) is 24.3 Å². The molecule has 2 aliphatic carbocycles. The Hall–Kier alpha value is -0.995. The summed E-state index contributed by atoms with van der Waals surface area (Å²) in [4.78, 5) is 0. The quantitative estimate of drug-likeness (QED) is 0.530. The van der Waals surface area contributed by atoms with E-state index in [0.717, 1.165) is 12.4 Å². The second-order valence-electron chi connectivity index (χ2n) is 2.78. The molecule has 0 saturated heterocycles. The summed E-state index contributed by atoms with van der Waals surface area (Å²) in [6, 6.07) is 6.43. The molecule has 1 aromatic rings. The maximum atomic E-state index is 7.00. The topological polar surface area (TPSA) is 49.7 Å². The predicted octanol–water partition coefficient (Wildman–Crippen LogP) is 0.0295. The summed E-state index contributed by atoms with van der Waals surface area (Å²) in [5.41, 5.74) is 2.87. The molecule has 1 radical (unpaired) electrons. The molecule has 1 heterocycles. The lowest BCUT2D eigenvalue weighted by Crippen LogP contribution is -2.08. The van der Waals surface area contributed by atoms with Crippen molar-refractivity contribution >= 4 is 7.69 Å². The van der Waals surface area contributed by atoms with Crippen LogP contribution in [-0.2, 0) is 0 Å². The van der Waals surface area contributed by atoms with Crippen LogP contribution in [0.5, 0.6) is 5.75 Å². The van der Waals surface area contributed by atoms with Gasteiger partial charge in [-0.05, 0) is 11.6 Å².